The second-order valence-corrected chi connectivity index (χ2v) is 4.20. The number of rotatable bonds is 3. The van der Waals surface area contributed by atoms with Crippen molar-refractivity contribution < 1.29 is 4.74 Å². The van der Waals surface area contributed by atoms with Crippen LogP contribution in [0, 0.1) is 13.8 Å². The van der Waals surface area contributed by atoms with Gasteiger partial charge in [0.15, 0.2) is 5.82 Å². The molecule has 0 aliphatic rings. The first kappa shape index (κ1) is 12.4. The van der Waals surface area contributed by atoms with Crippen LogP contribution in [0.4, 0.5) is 0 Å². The summed E-state index contributed by atoms with van der Waals surface area (Å²) in [5.41, 5.74) is 3.14. The molecule has 5 heteroatoms. The van der Waals surface area contributed by atoms with Crippen molar-refractivity contribution in [3.05, 3.63) is 45.5 Å². The van der Waals surface area contributed by atoms with E-state index in [1.54, 1.807) is 13.3 Å². The van der Waals surface area contributed by atoms with Gasteiger partial charge in [-0.1, -0.05) is 6.07 Å². The molecule has 5 nitrogen and oxygen atoms in total. The van der Waals surface area contributed by atoms with Gasteiger partial charge < -0.3 is 9.72 Å². The molecular weight excluding hydrogens is 230 g/mol. The number of nitrogens with one attached hydrogen (secondary N) is 1. The molecule has 0 radical (unpaired) electrons. The van der Waals surface area contributed by atoms with Crippen molar-refractivity contribution in [2.45, 2.75) is 20.5 Å². The number of aromatic nitrogens is 3. The minimum atomic E-state index is -0.200. The fourth-order valence-electron chi connectivity index (χ4n) is 1.81. The van der Waals surface area contributed by atoms with Crippen molar-refractivity contribution >= 4 is 0 Å². The molecule has 0 saturated carbocycles. The highest BCUT2D eigenvalue weighted by Crippen LogP contribution is 2.16. The quantitative estimate of drug-likeness (QED) is 0.891. The van der Waals surface area contributed by atoms with E-state index >= 15 is 0 Å². The molecule has 2 aromatic rings. The maximum atomic E-state index is 11.6. The standard InChI is InChI=1S/C13H15N3O2/c1-8-4-9(2)12(14-6-8)13-15-10(7-18-3)5-11(17)16-13/h4-6H,7H2,1-3H3,(H,15,16,17). The molecule has 0 aliphatic heterocycles. The van der Waals surface area contributed by atoms with Gasteiger partial charge in [-0.05, 0) is 25.0 Å². The molecule has 2 aromatic heterocycles. The van der Waals surface area contributed by atoms with Gasteiger partial charge >= 0.3 is 0 Å². The van der Waals surface area contributed by atoms with Crippen LogP contribution in [0.5, 0.6) is 0 Å². The molecule has 0 bridgehead atoms. The van der Waals surface area contributed by atoms with E-state index in [1.165, 1.54) is 6.07 Å². The Labute approximate surface area is 105 Å². The number of nitrogens with zero attached hydrogens (tertiary/aromatic N) is 2. The average molecular weight is 245 g/mol. The molecular formula is C13H15N3O2. The molecule has 0 spiro atoms. The van der Waals surface area contributed by atoms with E-state index in [1.807, 2.05) is 19.9 Å². The number of H-pyrrole nitrogens is 1. The van der Waals surface area contributed by atoms with E-state index < -0.39 is 0 Å². The summed E-state index contributed by atoms with van der Waals surface area (Å²) < 4.78 is 4.99. The molecule has 0 atom stereocenters. The van der Waals surface area contributed by atoms with Crippen molar-refractivity contribution in [2.24, 2.45) is 0 Å². The second kappa shape index (κ2) is 5.10. The molecule has 0 aromatic carbocycles. The van der Waals surface area contributed by atoms with Crippen molar-refractivity contribution in [1.29, 1.82) is 0 Å². The lowest BCUT2D eigenvalue weighted by Crippen LogP contribution is -2.12. The van der Waals surface area contributed by atoms with Crippen LogP contribution in [0.3, 0.4) is 0 Å². The van der Waals surface area contributed by atoms with Gasteiger partial charge in [-0.3, -0.25) is 9.78 Å². The Morgan fingerprint density at radius 3 is 2.78 bits per heavy atom. The Bertz CT molecular complexity index is 620. The summed E-state index contributed by atoms with van der Waals surface area (Å²) in [6.45, 7) is 4.22. The van der Waals surface area contributed by atoms with Crippen LogP contribution < -0.4 is 5.56 Å². The lowest BCUT2D eigenvalue weighted by atomic mass is 10.1. The third-order valence-corrected chi connectivity index (χ3v) is 2.53. The topological polar surface area (TPSA) is 67.9 Å². The minimum Gasteiger partial charge on any atom is -0.378 e. The van der Waals surface area contributed by atoms with Crippen LogP contribution in [0.1, 0.15) is 16.8 Å². The lowest BCUT2D eigenvalue weighted by Gasteiger charge is -2.06. The number of pyridine rings is 1. The molecule has 0 saturated heterocycles. The van der Waals surface area contributed by atoms with Gasteiger partial charge in [-0.25, -0.2) is 4.98 Å². The Balaban J connectivity index is 2.53. The van der Waals surface area contributed by atoms with E-state index in [2.05, 4.69) is 15.0 Å². The summed E-state index contributed by atoms with van der Waals surface area (Å²) in [6.07, 6.45) is 1.76. The normalized spacial score (nSPS) is 10.6. The number of aryl methyl sites for hydroxylation is 2. The maximum absolute atomic E-state index is 11.6. The number of aromatic amines is 1. The fourth-order valence-corrected chi connectivity index (χ4v) is 1.81. The Morgan fingerprint density at radius 1 is 1.33 bits per heavy atom. The number of ether oxygens (including phenoxy) is 1. The van der Waals surface area contributed by atoms with Gasteiger partial charge in [0.05, 0.1) is 12.3 Å². The number of hydrogen-bond donors (Lipinski definition) is 1. The predicted octanol–water partition coefficient (Wildman–Crippen LogP) is 1.60. The van der Waals surface area contributed by atoms with Gasteiger partial charge in [0.25, 0.3) is 5.56 Å². The highest BCUT2D eigenvalue weighted by atomic mass is 16.5. The Hall–Kier alpha value is -2.01. The Kier molecular flexibility index (Phi) is 3.53. The van der Waals surface area contributed by atoms with Crippen LogP contribution in [-0.2, 0) is 11.3 Å². The molecule has 0 unspecified atom stereocenters. The highest BCUT2D eigenvalue weighted by Gasteiger charge is 2.08. The summed E-state index contributed by atoms with van der Waals surface area (Å²) in [6, 6.07) is 3.43. The Morgan fingerprint density at radius 2 is 2.11 bits per heavy atom. The highest BCUT2D eigenvalue weighted by molar-refractivity contribution is 5.54. The van der Waals surface area contributed by atoms with Crippen LogP contribution in [0.15, 0.2) is 23.1 Å². The van der Waals surface area contributed by atoms with Crippen LogP contribution >= 0.6 is 0 Å². The van der Waals surface area contributed by atoms with Gasteiger partial charge in [-0.2, -0.15) is 0 Å². The third-order valence-electron chi connectivity index (χ3n) is 2.53. The van der Waals surface area contributed by atoms with E-state index in [4.69, 9.17) is 4.74 Å². The minimum absolute atomic E-state index is 0.200. The fraction of sp³-hybridized carbons (Fsp3) is 0.308. The summed E-state index contributed by atoms with van der Waals surface area (Å²) in [7, 11) is 1.57. The number of hydrogen-bond acceptors (Lipinski definition) is 4. The van der Waals surface area contributed by atoms with E-state index in [-0.39, 0.29) is 5.56 Å². The summed E-state index contributed by atoms with van der Waals surface area (Å²) >= 11 is 0. The van der Waals surface area contributed by atoms with Crippen molar-refractivity contribution in [3.8, 4) is 11.5 Å². The molecule has 0 aliphatic carbocycles. The smallest absolute Gasteiger partial charge is 0.251 e. The van der Waals surface area contributed by atoms with Gasteiger partial charge in [0.1, 0.15) is 5.69 Å². The molecule has 1 N–H and O–H groups in total. The SMILES string of the molecule is COCc1cc(=O)[nH]c(-c2ncc(C)cc2C)n1. The zero-order valence-corrected chi connectivity index (χ0v) is 10.7. The first-order chi connectivity index (χ1) is 8.60. The molecule has 2 heterocycles. The third kappa shape index (κ3) is 2.62. The maximum Gasteiger partial charge on any atom is 0.251 e. The zero-order chi connectivity index (χ0) is 13.1. The van der Waals surface area contributed by atoms with Crippen molar-refractivity contribution in [1.82, 2.24) is 15.0 Å². The van der Waals surface area contributed by atoms with Crippen molar-refractivity contribution in [3.63, 3.8) is 0 Å². The van der Waals surface area contributed by atoms with Crippen molar-refractivity contribution in [2.75, 3.05) is 7.11 Å². The van der Waals surface area contributed by atoms with Gasteiger partial charge in [0.2, 0.25) is 0 Å². The summed E-state index contributed by atoms with van der Waals surface area (Å²) in [5.74, 6) is 0.479. The first-order valence-corrected chi connectivity index (χ1v) is 5.63. The first-order valence-electron chi connectivity index (χ1n) is 5.63. The molecule has 0 amide bonds. The van der Waals surface area contributed by atoms with E-state index in [0.717, 1.165) is 11.1 Å². The second-order valence-electron chi connectivity index (χ2n) is 4.20. The molecule has 94 valence electrons. The number of methoxy groups -OCH3 is 1. The average Bonchev–Trinajstić information content (AvgIpc) is 2.28. The van der Waals surface area contributed by atoms with Crippen LogP contribution in [-0.4, -0.2) is 22.1 Å². The van der Waals surface area contributed by atoms with Gasteiger partial charge in [0, 0.05) is 19.4 Å². The van der Waals surface area contributed by atoms with Gasteiger partial charge in [-0.15, -0.1) is 0 Å². The van der Waals surface area contributed by atoms with E-state index in [0.29, 0.717) is 23.8 Å². The van der Waals surface area contributed by atoms with Crippen LogP contribution in [0.25, 0.3) is 11.5 Å². The monoisotopic (exact) mass is 245 g/mol. The van der Waals surface area contributed by atoms with E-state index in [9.17, 15) is 4.79 Å². The van der Waals surface area contributed by atoms with Crippen LogP contribution in [0.2, 0.25) is 0 Å². The molecule has 2 rings (SSSR count). The summed E-state index contributed by atoms with van der Waals surface area (Å²) in [5, 5.41) is 0. The predicted molar refractivity (Wildman–Crippen MR) is 68.3 cm³/mol. The lowest BCUT2D eigenvalue weighted by molar-refractivity contribution is 0.181. The zero-order valence-electron chi connectivity index (χ0n) is 10.7. The molecule has 0 fully saturated rings. The largest absolute Gasteiger partial charge is 0.378 e. The summed E-state index contributed by atoms with van der Waals surface area (Å²) in [4.78, 5) is 22.9. The molecule has 18 heavy (non-hydrogen) atoms.